The standard InChI is InChI=1S/C16H14Cl2FNS/c17-11-1-3-14(18)10(7-11)9-20-15-5-6-21-16-4-2-12(19)8-13(15)16/h1-4,7-8,15,20H,5-6,9H2. The maximum absolute atomic E-state index is 13.5. The van der Waals surface area contributed by atoms with Crippen LogP contribution in [0, 0.1) is 5.82 Å². The van der Waals surface area contributed by atoms with Crippen LogP contribution < -0.4 is 5.32 Å². The highest BCUT2D eigenvalue weighted by atomic mass is 35.5. The Bertz CT molecular complexity index is 663. The quantitative estimate of drug-likeness (QED) is 0.795. The van der Waals surface area contributed by atoms with Crippen molar-refractivity contribution in [2.24, 2.45) is 0 Å². The average molecular weight is 342 g/mol. The van der Waals surface area contributed by atoms with Crippen molar-refractivity contribution in [2.45, 2.75) is 23.9 Å². The molecular formula is C16H14Cl2FNS. The molecule has 0 radical (unpaired) electrons. The summed E-state index contributed by atoms with van der Waals surface area (Å²) in [5, 5.41) is 4.83. The van der Waals surface area contributed by atoms with E-state index in [1.807, 2.05) is 12.1 Å². The molecule has 2 aromatic carbocycles. The summed E-state index contributed by atoms with van der Waals surface area (Å²) in [5.41, 5.74) is 1.99. The molecule has 1 unspecified atom stereocenters. The first-order chi connectivity index (χ1) is 10.1. The maximum atomic E-state index is 13.5. The van der Waals surface area contributed by atoms with Crippen molar-refractivity contribution < 1.29 is 4.39 Å². The average Bonchev–Trinajstić information content (AvgIpc) is 2.48. The number of hydrogen-bond donors (Lipinski definition) is 1. The van der Waals surface area contributed by atoms with E-state index in [4.69, 9.17) is 23.2 Å². The fourth-order valence-electron chi connectivity index (χ4n) is 2.49. The van der Waals surface area contributed by atoms with Crippen molar-refractivity contribution in [2.75, 3.05) is 5.75 Å². The molecule has 0 saturated heterocycles. The van der Waals surface area contributed by atoms with Gasteiger partial charge in [0.2, 0.25) is 0 Å². The molecule has 0 saturated carbocycles. The summed E-state index contributed by atoms with van der Waals surface area (Å²) in [6.45, 7) is 0.616. The molecule has 0 bridgehead atoms. The molecule has 0 spiro atoms. The highest BCUT2D eigenvalue weighted by Crippen LogP contribution is 2.36. The molecule has 1 aliphatic rings. The van der Waals surface area contributed by atoms with Gasteiger partial charge in [0.05, 0.1) is 0 Å². The first kappa shape index (κ1) is 15.2. The number of rotatable bonds is 3. The molecule has 0 aromatic heterocycles. The van der Waals surface area contributed by atoms with Gasteiger partial charge >= 0.3 is 0 Å². The van der Waals surface area contributed by atoms with Gasteiger partial charge in [-0.15, -0.1) is 11.8 Å². The lowest BCUT2D eigenvalue weighted by Crippen LogP contribution is -2.24. The van der Waals surface area contributed by atoms with Crippen LogP contribution >= 0.6 is 35.0 Å². The summed E-state index contributed by atoms with van der Waals surface area (Å²) in [5.74, 6) is 0.836. The third-order valence-electron chi connectivity index (χ3n) is 3.56. The Labute approximate surface area is 137 Å². The van der Waals surface area contributed by atoms with Crippen molar-refractivity contribution in [3.05, 3.63) is 63.4 Å². The number of nitrogens with one attached hydrogen (secondary N) is 1. The first-order valence-electron chi connectivity index (χ1n) is 6.73. The minimum Gasteiger partial charge on any atom is -0.306 e. The van der Waals surface area contributed by atoms with E-state index in [1.54, 1.807) is 30.0 Å². The van der Waals surface area contributed by atoms with Crippen molar-refractivity contribution in [3.63, 3.8) is 0 Å². The lowest BCUT2D eigenvalue weighted by atomic mass is 10.0. The molecule has 0 fully saturated rings. The van der Waals surface area contributed by atoms with E-state index in [9.17, 15) is 4.39 Å². The Morgan fingerprint density at radius 3 is 2.90 bits per heavy atom. The SMILES string of the molecule is Fc1ccc2c(c1)C(NCc1cc(Cl)ccc1Cl)CCS2. The van der Waals surface area contributed by atoms with Crippen molar-refractivity contribution in [1.29, 1.82) is 0 Å². The van der Waals surface area contributed by atoms with Gasteiger partial charge in [-0.05, 0) is 59.7 Å². The number of halogens is 3. The van der Waals surface area contributed by atoms with Crippen LogP contribution in [0.15, 0.2) is 41.3 Å². The molecule has 2 aromatic rings. The molecule has 1 heterocycles. The summed E-state index contributed by atoms with van der Waals surface area (Å²) in [6, 6.07) is 10.6. The third-order valence-corrected chi connectivity index (χ3v) is 5.28. The molecular weight excluding hydrogens is 328 g/mol. The second-order valence-corrected chi connectivity index (χ2v) is 6.97. The van der Waals surface area contributed by atoms with Gasteiger partial charge < -0.3 is 5.32 Å². The van der Waals surface area contributed by atoms with E-state index < -0.39 is 0 Å². The third kappa shape index (κ3) is 3.54. The molecule has 110 valence electrons. The van der Waals surface area contributed by atoms with Crippen molar-refractivity contribution >= 4 is 35.0 Å². The summed E-state index contributed by atoms with van der Waals surface area (Å²) in [4.78, 5) is 1.15. The van der Waals surface area contributed by atoms with Crippen molar-refractivity contribution in [1.82, 2.24) is 5.32 Å². The van der Waals surface area contributed by atoms with E-state index in [0.29, 0.717) is 16.6 Å². The smallest absolute Gasteiger partial charge is 0.123 e. The van der Waals surface area contributed by atoms with Gasteiger partial charge in [0, 0.05) is 27.5 Å². The molecule has 3 rings (SSSR count). The second-order valence-electron chi connectivity index (χ2n) is 4.99. The predicted molar refractivity (Wildman–Crippen MR) is 87.8 cm³/mol. The number of thioether (sulfide) groups is 1. The highest BCUT2D eigenvalue weighted by molar-refractivity contribution is 7.99. The van der Waals surface area contributed by atoms with Gasteiger partial charge in [0.25, 0.3) is 0 Å². The minimum atomic E-state index is -0.191. The minimum absolute atomic E-state index is 0.145. The molecule has 1 N–H and O–H groups in total. The Morgan fingerprint density at radius 1 is 1.19 bits per heavy atom. The summed E-state index contributed by atoms with van der Waals surface area (Å²) in [7, 11) is 0. The summed E-state index contributed by atoms with van der Waals surface area (Å²) < 4.78 is 13.5. The molecule has 1 atom stereocenters. The largest absolute Gasteiger partial charge is 0.306 e. The first-order valence-corrected chi connectivity index (χ1v) is 8.47. The molecule has 0 aliphatic carbocycles. The molecule has 0 amide bonds. The Hall–Kier alpha value is -0.740. The fraction of sp³-hybridized carbons (Fsp3) is 0.250. The Balaban J connectivity index is 1.78. The topological polar surface area (TPSA) is 12.0 Å². The van der Waals surface area contributed by atoms with Gasteiger partial charge in [0.1, 0.15) is 5.82 Å². The highest BCUT2D eigenvalue weighted by Gasteiger charge is 2.21. The zero-order valence-corrected chi connectivity index (χ0v) is 13.5. The fourth-order valence-corrected chi connectivity index (χ4v) is 3.97. The zero-order chi connectivity index (χ0) is 14.8. The molecule has 21 heavy (non-hydrogen) atoms. The predicted octanol–water partition coefficient (Wildman–Crippen LogP) is 5.46. The van der Waals surface area contributed by atoms with Gasteiger partial charge in [0.15, 0.2) is 0 Å². The van der Waals surface area contributed by atoms with E-state index in [-0.39, 0.29) is 11.9 Å². The Morgan fingerprint density at radius 2 is 2.05 bits per heavy atom. The van der Waals surface area contributed by atoms with Gasteiger partial charge in [-0.2, -0.15) is 0 Å². The second kappa shape index (κ2) is 6.57. The molecule has 1 aliphatic heterocycles. The van der Waals surface area contributed by atoms with Crippen LogP contribution in [0.4, 0.5) is 4.39 Å². The van der Waals surface area contributed by atoms with Crippen LogP contribution in [0.5, 0.6) is 0 Å². The maximum Gasteiger partial charge on any atom is 0.123 e. The summed E-state index contributed by atoms with van der Waals surface area (Å²) in [6.07, 6.45) is 0.972. The van der Waals surface area contributed by atoms with E-state index in [2.05, 4.69) is 5.32 Å². The Kier molecular flexibility index (Phi) is 4.75. The van der Waals surface area contributed by atoms with Crippen LogP contribution in [-0.4, -0.2) is 5.75 Å². The van der Waals surface area contributed by atoms with Crippen molar-refractivity contribution in [3.8, 4) is 0 Å². The lowest BCUT2D eigenvalue weighted by molar-refractivity contribution is 0.504. The van der Waals surface area contributed by atoms with Gasteiger partial charge in [-0.25, -0.2) is 4.39 Å². The number of hydrogen-bond acceptors (Lipinski definition) is 2. The lowest BCUT2D eigenvalue weighted by Gasteiger charge is -2.26. The van der Waals surface area contributed by atoms with Crippen LogP contribution in [0.2, 0.25) is 10.0 Å². The van der Waals surface area contributed by atoms with E-state index in [0.717, 1.165) is 28.2 Å². The van der Waals surface area contributed by atoms with Crippen LogP contribution in [-0.2, 0) is 6.54 Å². The normalized spacial score (nSPS) is 17.6. The van der Waals surface area contributed by atoms with E-state index >= 15 is 0 Å². The number of fused-ring (bicyclic) bond motifs is 1. The molecule has 1 nitrogen and oxygen atoms in total. The van der Waals surface area contributed by atoms with Crippen LogP contribution in [0.25, 0.3) is 0 Å². The van der Waals surface area contributed by atoms with E-state index in [1.165, 1.54) is 6.07 Å². The number of benzene rings is 2. The summed E-state index contributed by atoms with van der Waals surface area (Å²) >= 11 is 14.0. The van der Waals surface area contributed by atoms with Gasteiger partial charge in [-0.3, -0.25) is 0 Å². The monoisotopic (exact) mass is 341 g/mol. The van der Waals surface area contributed by atoms with Crippen LogP contribution in [0.3, 0.4) is 0 Å². The van der Waals surface area contributed by atoms with Crippen LogP contribution in [0.1, 0.15) is 23.6 Å². The van der Waals surface area contributed by atoms with Gasteiger partial charge in [-0.1, -0.05) is 23.2 Å². The zero-order valence-electron chi connectivity index (χ0n) is 11.2. The molecule has 5 heteroatoms.